The van der Waals surface area contributed by atoms with Crippen LogP contribution in [0.2, 0.25) is 0 Å². The molecule has 4 aromatic carbocycles. The van der Waals surface area contributed by atoms with Crippen LogP contribution in [0.15, 0.2) is 83.3 Å². The fraction of sp³-hybridized carbons (Fsp3) is 0.0385. The van der Waals surface area contributed by atoms with E-state index in [1.807, 2.05) is 6.07 Å². The number of aromatic nitrogens is 2. The van der Waals surface area contributed by atoms with Crippen LogP contribution in [-0.2, 0) is 0 Å². The van der Waals surface area contributed by atoms with Gasteiger partial charge in [-0.2, -0.15) is 0 Å². The van der Waals surface area contributed by atoms with Crippen molar-refractivity contribution in [3.05, 3.63) is 84.4 Å². The molecule has 0 saturated heterocycles. The number of hydrogen-bond acceptors (Lipinski definition) is 3. The van der Waals surface area contributed by atoms with E-state index in [-0.39, 0.29) is 0 Å². The van der Waals surface area contributed by atoms with Gasteiger partial charge in [-0.15, -0.1) is 0 Å². The number of furan rings is 1. The Morgan fingerprint density at radius 2 is 1.77 bits per heavy atom. The van der Waals surface area contributed by atoms with E-state index in [9.17, 15) is 0 Å². The fourth-order valence-electron chi connectivity index (χ4n) is 4.49. The summed E-state index contributed by atoms with van der Waals surface area (Å²) in [6, 6.07) is 27.8. The van der Waals surface area contributed by atoms with Crippen LogP contribution in [-0.4, -0.2) is 9.38 Å². The normalized spacial score (nSPS) is 12.2. The van der Waals surface area contributed by atoms with Crippen molar-refractivity contribution in [2.24, 2.45) is 0 Å². The third kappa shape index (κ3) is 2.11. The summed E-state index contributed by atoms with van der Waals surface area (Å²) in [5.74, 6) is 0. The second-order valence-electron chi connectivity index (χ2n) is 7.79. The second kappa shape index (κ2) is 5.71. The minimum atomic E-state index is 0.933. The van der Waals surface area contributed by atoms with Crippen LogP contribution >= 0.6 is 11.3 Å². The topological polar surface area (TPSA) is 30.4 Å². The van der Waals surface area contributed by atoms with Gasteiger partial charge >= 0.3 is 0 Å². The number of thiazole rings is 1. The summed E-state index contributed by atoms with van der Waals surface area (Å²) in [5, 5.41) is 2.33. The van der Waals surface area contributed by atoms with Crippen LogP contribution < -0.4 is 0 Å². The monoisotopic (exact) mass is 404 g/mol. The Morgan fingerprint density at radius 3 is 2.73 bits per heavy atom. The van der Waals surface area contributed by atoms with E-state index in [4.69, 9.17) is 9.40 Å². The lowest BCUT2D eigenvalue weighted by molar-refractivity contribution is 0.670. The molecule has 7 rings (SSSR count). The molecule has 3 heterocycles. The summed E-state index contributed by atoms with van der Waals surface area (Å²) in [7, 11) is 0. The first-order valence-corrected chi connectivity index (χ1v) is 10.8. The molecule has 3 aromatic heterocycles. The van der Waals surface area contributed by atoms with E-state index in [0.717, 1.165) is 43.7 Å². The highest BCUT2D eigenvalue weighted by Gasteiger charge is 2.15. The first-order chi connectivity index (χ1) is 14.8. The van der Waals surface area contributed by atoms with Crippen molar-refractivity contribution in [1.82, 2.24) is 9.38 Å². The molecule has 0 unspecified atom stereocenters. The van der Waals surface area contributed by atoms with E-state index >= 15 is 0 Å². The van der Waals surface area contributed by atoms with E-state index < -0.39 is 0 Å². The lowest BCUT2D eigenvalue weighted by Crippen LogP contribution is -1.83. The molecule has 0 saturated carbocycles. The predicted molar refractivity (Wildman–Crippen MR) is 126 cm³/mol. The standard InChI is InChI=1S/C26H16N2OS/c1-15-9-11-23-19(13-15)18-6-4-5-17(25(18)29-23)16-10-12-24-22(14-16)28-21-8-3-2-7-20(21)27-26(28)30-24/h2-14H,1H3. The molecule has 0 fully saturated rings. The first-order valence-electron chi connectivity index (χ1n) is 9.98. The van der Waals surface area contributed by atoms with Crippen molar-refractivity contribution in [2.45, 2.75) is 6.92 Å². The highest BCUT2D eigenvalue weighted by Crippen LogP contribution is 2.38. The van der Waals surface area contributed by atoms with E-state index in [1.165, 1.54) is 21.2 Å². The lowest BCUT2D eigenvalue weighted by Gasteiger charge is -2.04. The summed E-state index contributed by atoms with van der Waals surface area (Å²) in [5.41, 5.74) is 8.75. The molecule has 7 aromatic rings. The first kappa shape index (κ1) is 16.2. The van der Waals surface area contributed by atoms with Crippen LogP contribution in [0.4, 0.5) is 0 Å². The van der Waals surface area contributed by atoms with Gasteiger partial charge in [0, 0.05) is 16.3 Å². The van der Waals surface area contributed by atoms with Gasteiger partial charge in [0.2, 0.25) is 0 Å². The largest absolute Gasteiger partial charge is 0.455 e. The van der Waals surface area contributed by atoms with Crippen LogP contribution in [0, 0.1) is 6.92 Å². The van der Waals surface area contributed by atoms with E-state index in [1.54, 1.807) is 11.3 Å². The Kier molecular flexibility index (Phi) is 3.08. The number of nitrogens with zero attached hydrogens (tertiary/aromatic N) is 2. The molecule has 3 nitrogen and oxygen atoms in total. The van der Waals surface area contributed by atoms with Gasteiger partial charge in [-0.3, -0.25) is 4.40 Å². The smallest absolute Gasteiger partial charge is 0.195 e. The van der Waals surface area contributed by atoms with Gasteiger partial charge in [-0.1, -0.05) is 59.4 Å². The van der Waals surface area contributed by atoms with Gasteiger partial charge in [-0.25, -0.2) is 4.98 Å². The Bertz CT molecular complexity index is 1770. The summed E-state index contributed by atoms with van der Waals surface area (Å²) < 4.78 is 9.81. The van der Waals surface area contributed by atoms with Crippen molar-refractivity contribution in [1.29, 1.82) is 0 Å². The van der Waals surface area contributed by atoms with Gasteiger partial charge in [-0.05, 0) is 48.9 Å². The zero-order valence-electron chi connectivity index (χ0n) is 16.2. The number of hydrogen-bond donors (Lipinski definition) is 0. The number of fused-ring (bicyclic) bond motifs is 8. The van der Waals surface area contributed by atoms with E-state index in [0.29, 0.717) is 0 Å². The minimum absolute atomic E-state index is 0.933. The van der Waals surface area contributed by atoms with Crippen LogP contribution in [0.1, 0.15) is 5.56 Å². The minimum Gasteiger partial charge on any atom is -0.455 e. The quantitative estimate of drug-likeness (QED) is 0.282. The molecule has 0 radical (unpaired) electrons. The fourth-order valence-corrected chi connectivity index (χ4v) is 5.51. The molecule has 142 valence electrons. The summed E-state index contributed by atoms with van der Waals surface area (Å²) in [4.78, 5) is 5.83. The molecule has 4 heteroatoms. The molecule has 0 N–H and O–H groups in total. The molecule has 0 aliphatic rings. The SMILES string of the molecule is Cc1ccc2oc3c(-c4ccc5sc6nc7ccccc7n6c5c4)cccc3c2c1. The molecule has 0 bridgehead atoms. The molecule has 0 amide bonds. The van der Waals surface area contributed by atoms with Gasteiger partial charge in [0.05, 0.1) is 21.3 Å². The van der Waals surface area contributed by atoms with Gasteiger partial charge in [0.15, 0.2) is 4.96 Å². The third-order valence-corrected chi connectivity index (χ3v) is 6.92. The van der Waals surface area contributed by atoms with Gasteiger partial charge in [0.25, 0.3) is 0 Å². The summed E-state index contributed by atoms with van der Waals surface area (Å²) in [6.07, 6.45) is 0. The maximum atomic E-state index is 6.31. The maximum absolute atomic E-state index is 6.31. The number of benzene rings is 4. The number of imidazole rings is 1. The van der Waals surface area contributed by atoms with E-state index in [2.05, 4.69) is 84.1 Å². The van der Waals surface area contributed by atoms with Crippen molar-refractivity contribution in [2.75, 3.05) is 0 Å². The molecule has 0 spiro atoms. The van der Waals surface area contributed by atoms with Crippen LogP contribution in [0.5, 0.6) is 0 Å². The van der Waals surface area contributed by atoms with Crippen LogP contribution in [0.3, 0.4) is 0 Å². The highest BCUT2D eigenvalue weighted by atomic mass is 32.1. The average Bonchev–Trinajstić information content (AvgIpc) is 3.42. The van der Waals surface area contributed by atoms with Crippen molar-refractivity contribution >= 4 is 59.5 Å². The molecule has 0 aliphatic carbocycles. The Hall–Kier alpha value is -3.63. The molecule has 0 atom stereocenters. The number of rotatable bonds is 1. The zero-order chi connectivity index (χ0) is 19.8. The predicted octanol–water partition coefficient (Wildman–Crippen LogP) is 7.58. The van der Waals surface area contributed by atoms with Gasteiger partial charge < -0.3 is 4.42 Å². The lowest BCUT2D eigenvalue weighted by atomic mass is 10.0. The van der Waals surface area contributed by atoms with Crippen molar-refractivity contribution in [3.63, 3.8) is 0 Å². The zero-order valence-corrected chi connectivity index (χ0v) is 17.0. The summed E-state index contributed by atoms with van der Waals surface area (Å²) in [6.45, 7) is 2.12. The second-order valence-corrected chi connectivity index (χ2v) is 8.80. The maximum Gasteiger partial charge on any atom is 0.195 e. The Labute approximate surface area is 175 Å². The number of para-hydroxylation sites is 3. The average molecular weight is 404 g/mol. The van der Waals surface area contributed by atoms with Crippen molar-refractivity contribution < 1.29 is 4.42 Å². The third-order valence-electron chi connectivity index (χ3n) is 5.89. The Morgan fingerprint density at radius 1 is 0.833 bits per heavy atom. The highest BCUT2D eigenvalue weighted by molar-refractivity contribution is 7.23. The van der Waals surface area contributed by atoms with Gasteiger partial charge in [0.1, 0.15) is 11.2 Å². The van der Waals surface area contributed by atoms with Crippen molar-refractivity contribution in [3.8, 4) is 11.1 Å². The molecule has 30 heavy (non-hydrogen) atoms. The Balaban J connectivity index is 1.55. The van der Waals surface area contributed by atoms with Crippen LogP contribution in [0.25, 0.3) is 59.3 Å². The number of aryl methyl sites for hydroxylation is 1. The molecular formula is C26H16N2OS. The molecule has 0 aliphatic heterocycles. The summed E-state index contributed by atoms with van der Waals surface area (Å²) >= 11 is 1.73. The molecular weight excluding hydrogens is 388 g/mol.